The van der Waals surface area contributed by atoms with Crippen molar-refractivity contribution in [2.45, 2.75) is 18.1 Å². The molecular weight excluding hydrogens is 411 g/mol. The van der Waals surface area contributed by atoms with Crippen molar-refractivity contribution >= 4 is 33.0 Å². The van der Waals surface area contributed by atoms with E-state index in [4.69, 9.17) is 16.3 Å². The van der Waals surface area contributed by atoms with E-state index < -0.39 is 33.2 Å². The molecule has 27 heavy (non-hydrogen) atoms. The van der Waals surface area contributed by atoms with E-state index in [1.807, 2.05) is 0 Å². The van der Waals surface area contributed by atoms with Gasteiger partial charge in [0.05, 0.1) is 11.3 Å². The lowest BCUT2D eigenvalue weighted by molar-refractivity contribution is -0.137. The fraction of sp³-hybridized carbons (Fsp3) is 0.333. The molecule has 1 heterocycles. The standard InChI is InChI=1S/C15H15ClF3N3O4S/c1-8(23)21(2)11-7-9(5-6-10(11)15(17,18)19)26-13-12(16)14(22(3)20-13)27(4,24)25/h5-7H,1-4H3. The van der Waals surface area contributed by atoms with Gasteiger partial charge in [0.25, 0.3) is 5.88 Å². The third kappa shape index (κ3) is 4.35. The van der Waals surface area contributed by atoms with Gasteiger partial charge in [-0.25, -0.2) is 8.42 Å². The van der Waals surface area contributed by atoms with E-state index in [9.17, 15) is 26.4 Å². The second-order valence-corrected chi connectivity index (χ2v) is 7.99. The Morgan fingerprint density at radius 2 is 1.93 bits per heavy atom. The number of carbonyl (C=O) groups excluding carboxylic acids is 1. The summed E-state index contributed by atoms with van der Waals surface area (Å²) >= 11 is 5.99. The maximum Gasteiger partial charge on any atom is 0.418 e. The van der Waals surface area contributed by atoms with E-state index in [0.29, 0.717) is 0 Å². The summed E-state index contributed by atoms with van der Waals surface area (Å²) in [5.74, 6) is -1.02. The molecule has 1 amide bonds. The lowest BCUT2D eigenvalue weighted by atomic mass is 10.1. The second-order valence-electron chi connectivity index (χ2n) is 5.68. The molecule has 1 aromatic heterocycles. The summed E-state index contributed by atoms with van der Waals surface area (Å²) in [6.45, 7) is 1.11. The van der Waals surface area contributed by atoms with Crippen molar-refractivity contribution in [1.82, 2.24) is 9.78 Å². The minimum atomic E-state index is -4.69. The van der Waals surface area contributed by atoms with Crippen molar-refractivity contribution in [2.24, 2.45) is 7.05 Å². The number of aromatic nitrogens is 2. The number of hydrogen-bond acceptors (Lipinski definition) is 5. The molecule has 12 heteroatoms. The quantitative estimate of drug-likeness (QED) is 0.751. The zero-order chi connectivity index (χ0) is 20.7. The van der Waals surface area contributed by atoms with Gasteiger partial charge < -0.3 is 9.64 Å². The highest BCUT2D eigenvalue weighted by Crippen LogP contribution is 2.40. The number of ether oxygens (including phenoxy) is 1. The molecule has 7 nitrogen and oxygen atoms in total. The number of aryl methyl sites for hydroxylation is 1. The lowest BCUT2D eigenvalue weighted by Gasteiger charge is -2.21. The fourth-order valence-corrected chi connectivity index (χ4v) is 3.85. The molecule has 0 atom stereocenters. The molecule has 0 aliphatic heterocycles. The van der Waals surface area contributed by atoms with Crippen LogP contribution in [0.1, 0.15) is 12.5 Å². The predicted molar refractivity (Wildman–Crippen MR) is 91.9 cm³/mol. The normalized spacial score (nSPS) is 12.1. The van der Waals surface area contributed by atoms with Crippen LogP contribution in [0, 0.1) is 0 Å². The van der Waals surface area contributed by atoms with Crippen molar-refractivity contribution in [3.63, 3.8) is 0 Å². The molecule has 148 valence electrons. The predicted octanol–water partition coefficient (Wildman–Crippen LogP) is 3.27. The maximum atomic E-state index is 13.2. The van der Waals surface area contributed by atoms with Crippen LogP contribution in [0.2, 0.25) is 5.02 Å². The number of sulfone groups is 1. The first-order valence-electron chi connectivity index (χ1n) is 7.29. The molecule has 0 saturated carbocycles. The molecule has 0 saturated heterocycles. The number of rotatable bonds is 4. The number of alkyl halides is 3. The van der Waals surface area contributed by atoms with Gasteiger partial charge in [0, 0.05) is 33.3 Å². The summed E-state index contributed by atoms with van der Waals surface area (Å²) in [7, 11) is -1.19. The van der Waals surface area contributed by atoms with Crippen molar-refractivity contribution in [3.05, 3.63) is 28.8 Å². The Labute approximate surface area is 158 Å². The lowest BCUT2D eigenvalue weighted by Crippen LogP contribution is -2.26. The van der Waals surface area contributed by atoms with Gasteiger partial charge in [-0.3, -0.25) is 9.48 Å². The van der Waals surface area contributed by atoms with E-state index >= 15 is 0 Å². The van der Waals surface area contributed by atoms with Crippen LogP contribution >= 0.6 is 11.6 Å². The van der Waals surface area contributed by atoms with Crippen LogP contribution < -0.4 is 9.64 Å². The van der Waals surface area contributed by atoms with Gasteiger partial charge in [-0.15, -0.1) is 5.10 Å². The second kappa shape index (κ2) is 7.04. The number of nitrogens with zero attached hydrogens (tertiary/aromatic N) is 3. The highest BCUT2D eigenvalue weighted by Gasteiger charge is 2.35. The van der Waals surface area contributed by atoms with E-state index in [0.717, 1.165) is 41.0 Å². The van der Waals surface area contributed by atoms with Gasteiger partial charge in [-0.1, -0.05) is 11.6 Å². The number of benzene rings is 1. The molecule has 0 bridgehead atoms. The number of hydrogen-bond donors (Lipinski definition) is 0. The van der Waals surface area contributed by atoms with Gasteiger partial charge in [-0.2, -0.15) is 13.2 Å². The van der Waals surface area contributed by atoms with Crippen LogP contribution in [0.4, 0.5) is 18.9 Å². The van der Waals surface area contributed by atoms with E-state index in [-0.39, 0.29) is 21.7 Å². The molecule has 0 radical (unpaired) electrons. The molecule has 0 aliphatic carbocycles. The first-order valence-corrected chi connectivity index (χ1v) is 9.56. The first kappa shape index (κ1) is 21.0. The van der Waals surface area contributed by atoms with Crippen molar-refractivity contribution in [1.29, 1.82) is 0 Å². The number of anilines is 1. The first-order chi connectivity index (χ1) is 12.2. The third-order valence-corrected chi connectivity index (χ3v) is 5.21. The monoisotopic (exact) mass is 425 g/mol. The molecule has 0 spiro atoms. The van der Waals surface area contributed by atoms with E-state index in [1.54, 1.807) is 0 Å². The summed E-state index contributed by atoms with van der Waals surface area (Å²) in [5, 5.41) is 3.23. The van der Waals surface area contributed by atoms with Crippen molar-refractivity contribution in [2.75, 3.05) is 18.2 Å². The molecular formula is C15H15ClF3N3O4S. The van der Waals surface area contributed by atoms with Crippen LogP contribution in [0.15, 0.2) is 23.2 Å². The van der Waals surface area contributed by atoms with Crippen LogP contribution in [0.3, 0.4) is 0 Å². The SMILES string of the molecule is CC(=O)N(C)c1cc(Oc2nn(C)c(S(C)(=O)=O)c2Cl)ccc1C(F)(F)F. The van der Waals surface area contributed by atoms with Gasteiger partial charge in [-0.05, 0) is 12.1 Å². The Balaban J connectivity index is 2.53. The number of carbonyl (C=O) groups is 1. The zero-order valence-electron chi connectivity index (χ0n) is 14.6. The Morgan fingerprint density at radius 3 is 2.37 bits per heavy atom. The largest absolute Gasteiger partial charge is 0.436 e. The van der Waals surface area contributed by atoms with Crippen LogP contribution in [0.5, 0.6) is 11.6 Å². The van der Waals surface area contributed by atoms with Crippen LogP contribution in [-0.2, 0) is 27.9 Å². The van der Waals surface area contributed by atoms with Gasteiger partial charge in [0.2, 0.25) is 5.91 Å². The van der Waals surface area contributed by atoms with Crippen LogP contribution in [0.25, 0.3) is 0 Å². The van der Waals surface area contributed by atoms with Gasteiger partial charge in [0.15, 0.2) is 14.9 Å². The summed E-state index contributed by atoms with van der Waals surface area (Å²) in [6.07, 6.45) is -3.76. The summed E-state index contributed by atoms with van der Waals surface area (Å²) < 4.78 is 69.4. The molecule has 0 aliphatic rings. The molecule has 2 rings (SSSR count). The Kier molecular flexibility index (Phi) is 5.48. The molecule has 0 unspecified atom stereocenters. The van der Waals surface area contributed by atoms with Gasteiger partial charge in [0.1, 0.15) is 10.8 Å². The Morgan fingerprint density at radius 1 is 1.33 bits per heavy atom. The average molecular weight is 426 g/mol. The topological polar surface area (TPSA) is 81.5 Å². The molecule has 0 N–H and O–H groups in total. The Hall–Kier alpha value is -2.27. The average Bonchev–Trinajstić information content (AvgIpc) is 2.79. The van der Waals surface area contributed by atoms with E-state index in [2.05, 4.69) is 5.10 Å². The molecule has 1 aromatic carbocycles. The van der Waals surface area contributed by atoms with E-state index in [1.165, 1.54) is 14.1 Å². The van der Waals surface area contributed by atoms with Gasteiger partial charge >= 0.3 is 6.18 Å². The minimum absolute atomic E-state index is 0.105. The minimum Gasteiger partial charge on any atom is -0.436 e. The summed E-state index contributed by atoms with van der Waals surface area (Å²) in [4.78, 5) is 12.3. The highest BCUT2D eigenvalue weighted by atomic mass is 35.5. The summed E-state index contributed by atoms with van der Waals surface area (Å²) in [6, 6.07) is 2.76. The smallest absolute Gasteiger partial charge is 0.418 e. The van der Waals surface area contributed by atoms with Crippen molar-refractivity contribution in [3.8, 4) is 11.6 Å². The van der Waals surface area contributed by atoms with Crippen molar-refractivity contribution < 1.29 is 31.1 Å². The maximum absolute atomic E-state index is 13.2. The Bertz CT molecular complexity index is 1000. The third-order valence-electron chi connectivity index (χ3n) is 3.58. The zero-order valence-corrected chi connectivity index (χ0v) is 16.2. The van der Waals surface area contributed by atoms with Crippen LogP contribution in [-0.4, -0.2) is 37.4 Å². The number of halogens is 4. The molecule has 0 fully saturated rings. The fourth-order valence-electron chi connectivity index (χ4n) is 2.30. The molecule has 2 aromatic rings. The number of amides is 1. The highest BCUT2D eigenvalue weighted by molar-refractivity contribution is 7.90. The summed E-state index contributed by atoms with van der Waals surface area (Å²) in [5.41, 5.74) is -1.46.